The summed E-state index contributed by atoms with van der Waals surface area (Å²) in [6.07, 6.45) is 5.45. The van der Waals surface area contributed by atoms with E-state index in [4.69, 9.17) is 4.74 Å². The van der Waals surface area contributed by atoms with E-state index in [-0.39, 0.29) is 23.6 Å². The lowest BCUT2D eigenvalue weighted by Crippen LogP contribution is -2.46. The van der Waals surface area contributed by atoms with Gasteiger partial charge in [0.1, 0.15) is 18.5 Å². The normalized spacial score (nSPS) is 17.4. The molecule has 1 aliphatic carbocycles. The number of benzene rings is 2. The molecule has 0 unspecified atom stereocenters. The Morgan fingerprint density at radius 2 is 1.94 bits per heavy atom. The Morgan fingerprint density at radius 3 is 2.69 bits per heavy atom. The highest BCUT2D eigenvalue weighted by atomic mass is 16.5. The van der Waals surface area contributed by atoms with Crippen LogP contribution in [0.1, 0.15) is 61.0 Å². The Hall–Kier alpha value is -3.36. The second kappa shape index (κ2) is 9.26. The molecule has 0 radical (unpaired) electrons. The number of H-pyrrole nitrogens is 1. The first-order chi connectivity index (χ1) is 17.2. The van der Waals surface area contributed by atoms with Crippen LogP contribution in [0.15, 0.2) is 42.6 Å². The number of aliphatic hydroxyl groups excluding tert-OH is 1. The molecule has 1 aliphatic heterocycles. The molecule has 2 aliphatic rings. The van der Waals surface area contributed by atoms with Crippen molar-refractivity contribution in [2.75, 3.05) is 18.5 Å². The van der Waals surface area contributed by atoms with Crippen LogP contribution in [0.3, 0.4) is 0 Å². The van der Waals surface area contributed by atoms with E-state index < -0.39 is 17.5 Å². The molecule has 1 aromatic heterocycles. The summed E-state index contributed by atoms with van der Waals surface area (Å²) < 4.78 is 6.07. The van der Waals surface area contributed by atoms with Gasteiger partial charge >= 0.3 is 5.97 Å². The predicted molar refractivity (Wildman–Crippen MR) is 138 cm³/mol. The number of ether oxygens (including phenoxy) is 1. The van der Waals surface area contributed by atoms with Gasteiger partial charge in [0.25, 0.3) is 0 Å². The number of carboxylic acids is 1. The number of carboxylic acid groups (broad SMARTS) is 1. The van der Waals surface area contributed by atoms with E-state index in [1.165, 1.54) is 0 Å². The Bertz CT molecular complexity index is 1310. The highest BCUT2D eigenvalue weighted by molar-refractivity contribution is 6.07. The number of aliphatic hydroxyl groups is 1. The van der Waals surface area contributed by atoms with Crippen molar-refractivity contribution in [2.24, 2.45) is 0 Å². The number of carbonyl (C=O) groups is 2. The summed E-state index contributed by atoms with van der Waals surface area (Å²) in [5, 5.41) is 27.4. The van der Waals surface area contributed by atoms with E-state index in [9.17, 15) is 19.8 Å². The van der Waals surface area contributed by atoms with Crippen LogP contribution in [-0.4, -0.2) is 51.9 Å². The van der Waals surface area contributed by atoms with Crippen LogP contribution in [0.4, 0.5) is 5.69 Å². The zero-order valence-corrected chi connectivity index (χ0v) is 20.7. The number of nitrogens with one attached hydrogen (secondary N) is 3. The van der Waals surface area contributed by atoms with Gasteiger partial charge < -0.3 is 30.6 Å². The standard InChI is InChI=1S/C28H33N3O5/c1-27(2,13-17-14-29-24-19(17)7-5-8-20(24)25(33)34)30-15-18(32)16-36-22-10-6-9-21-23(22)28(26(35)31-21)11-3-4-12-28/h5-10,14,18,29-30,32H,3-4,11-13,15-16H2,1-2H3,(H,31,35)(H,33,34)/t18-/m0/s1. The number of hydrogen-bond donors (Lipinski definition) is 5. The third-order valence-corrected chi connectivity index (χ3v) is 7.56. The minimum atomic E-state index is -0.961. The minimum Gasteiger partial charge on any atom is -0.490 e. The fourth-order valence-corrected chi connectivity index (χ4v) is 5.77. The van der Waals surface area contributed by atoms with Gasteiger partial charge in [-0.25, -0.2) is 4.79 Å². The first kappa shape index (κ1) is 24.3. The van der Waals surface area contributed by atoms with Crippen molar-refractivity contribution in [3.63, 3.8) is 0 Å². The van der Waals surface area contributed by atoms with Gasteiger partial charge in [-0.2, -0.15) is 0 Å². The number of para-hydroxylation sites is 1. The van der Waals surface area contributed by atoms with E-state index in [2.05, 4.69) is 15.6 Å². The number of amides is 1. The van der Waals surface area contributed by atoms with Crippen molar-refractivity contribution in [2.45, 2.75) is 63.0 Å². The van der Waals surface area contributed by atoms with Crippen LogP contribution >= 0.6 is 0 Å². The number of rotatable bonds is 9. The van der Waals surface area contributed by atoms with Gasteiger partial charge in [-0.1, -0.05) is 31.0 Å². The zero-order chi connectivity index (χ0) is 25.5. The molecule has 1 atom stereocenters. The molecule has 0 bridgehead atoms. The molecular weight excluding hydrogens is 458 g/mol. The summed E-state index contributed by atoms with van der Waals surface area (Å²) >= 11 is 0. The van der Waals surface area contributed by atoms with Gasteiger partial charge in [-0.3, -0.25) is 4.79 Å². The molecular formula is C28H33N3O5. The van der Waals surface area contributed by atoms with Crippen LogP contribution in [-0.2, 0) is 16.6 Å². The molecule has 1 amide bonds. The topological polar surface area (TPSA) is 124 Å². The maximum atomic E-state index is 12.8. The van der Waals surface area contributed by atoms with Crippen LogP contribution in [0.2, 0.25) is 0 Å². The van der Waals surface area contributed by atoms with E-state index >= 15 is 0 Å². The summed E-state index contributed by atoms with van der Waals surface area (Å²) in [6.45, 7) is 4.53. The maximum absolute atomic E-state index is 12.8. The van der Waals surface area contributed by atoms with Crippen LogP contribution in [0.5, 0.6) is 5.75 Å². The van der Waals surface area contributed by atoms with Crippen LogP contribution < -0.4 is 15.4 Å². The number of aromatic nitrogens is 1. The molecule has 5 rings (SSSR count). The molecule has 3 aromatic rings. The van der Waals surface area contributed by atoms with Gasteiger partial charge in [0.15, 0.2) is 0 Å². The smallest absolute Gasteiger partial charge is 0.337 e. The number of aromatic amines is 1. The van der Waals surface area contributed by atoms with E-state index in [0.717, 1.165) is 47.9 Å². The quantitative estimate of drug-likeness (QED) is 0.309. The highest BCUT2D eigenvalue weighted by Crippen LogP contribution is 2.52. The third kappa shape index (κ3) is 4.35. The molecule has 1 fully saturated rings. The summed E-state index contributed by atoms with van der Waals surface area (Å²) in [5.41, 5.74) is 2.78. The third-order valence-electron chi connectivity index (χ3n) is 7.56. The maximum Gasteiger partial charge on any atom is 0.337 e. The monoisotopic (exact) mass is 491 g/mol. The van der Waals surface area contributed by atoms with E-state index in [1.54, 1.807) is 12.1 Å². The number of fused-ring (bicyclic) bond motifs is 3. The highest BCUT2D eigenvalue weighted by Gasteiger charge is 2.50. The van der Waals surface area contributed by atoms with Crippen molar-refractivity contribution >= 4 is 28.5 Å². The SMILES string of the molecule is CC(C)(Cc1c[nH]c2c(C(=O)O)cccc12)NC[C@H](O)COc1cccc2c1C1(CCCC1)C(=O)N2. The summed E-state index contributed by atoms with van der Waals surface area (Å²) in [5.74, 6) is -0.237. The molecule has 190 valence electrons. The van der Waals surface area contributed by atoms with E-state index in [0.29, 0.717) is 24.2 Å². The lowest BCUT2D eigenvalue weighted by Gasteiger charge is -2.28. The Labute approximate surface area is 210 Å². The molecule has 8 nitrogen and oxygen atoms in total. The fourth-order valence-electron chi connectivity index (χ4n) is 5.77. The fraction of sp³-hybridized carbons (Fsp3) is 0.429. The van der Waals surface area contributed by atoms with Gasteiger partial charge in [0.05, 0.1) is 16.5 Å². The number of aromatic carboxylic acids is 1. The average Bonchev–Trinajstić information content (AvgIpc) is 3.56. The molecule has 1 saturated carbocycles. The average molecular weight is 492 g/mol. The first-order valence-electron chi connectivity index (χ1n) is 12.5. The molecule has 2 aromatic carbocycles. The summed E-state index contributed by atoms with van der Waals surface area (Å²) in [4.78, 5) is 27.4. The van der Waals surface area contributed by atoms with Crippen molar-refractivity contribution in [3.05, 3.63) is 59.3 Å². The largest absolute Gasteiger partial charge is 0.490 e. The van der Waals surface area contributed by atoms with Crippen molar-refractivity contribution in [1.82, 2.24) is 10.3 Å². The number of anilines is 1. The first-order valence-corrected chi connectivity index (χ1v) is 12.5. The lowest BCUT2D eigenvalue weighted by atomic mass is 9.79. The van der Waals surface area contributed by atoms with Gasteiger partial charge in [-0.15, -0.1) is 0 Å². The molecule has 5 N–H and O–H groups in total. The van der Waals surface area contributed by atoms with Gasteiger partial charge in [0, 0.05) is 34.9 Å². The number of β-amino-alcohol motifs (C(OH)–C–C–N with tert-alkyl or cyclic N) is 1. The number of hydrogen-bond acceptors (Lipinski definition) is 5. The molecule has 1 spiro atoms. The lowest BCUT2D eigenvalue weighted by molar-refractivity contribution is -0.120. The van der Waals surface area contributed by atoms with Crippen molar-refractivity contribution in [3.8, 4) is 5.75 Å². The molecule has 8 heteroatoms. The van der Waals surface area contributed by atoms with Gasteiger partial charge in [-0.05, 0) is 56.9 Å². The van der Waals surface area contributed by atoms with Crippen LogP contribution in [0.25, 0.3) is 10.9 Å². The zero-order valence-electron chi connectivity index (χ0n) is 20.7. The Balaban J connectivity index is 1.21. The number of carbonyl (C=O) groups excluding carboxylic acids is 1. The Kier molecular flexibility index (Phi) is 6.26. The summed E-state index contributed by atoms with van der Waals surface area (Å²) in [6, 6.07) is 10.9. The van der Waals surface area contributed by atoms with Crippen molar-refractivity contribution < 1.29 is 24.5 Å². The second-order valence-corrected chi connectivity index (χ2v) is 10.7. The second-order valence-electron chi connectivity index (χ2n) is 10.7. The van der Waals surface area contributed by atoms with Crippen LogP contribution in [0, 0.1) is 0 Å². The predicted octanol–water partition coefficient (Wildman–Crippen LogP) is 3.98. The summed E-state index contributed by atoms with van der Waals surface area (Å²) in [7, 11) is 0. The molecule has 36 heavy (non-hydrogen) atoms. The van der Waals surface area contributed by atoms with E-state index in [1.807, 2.05) is 44.3 Å². The molecule has 0 saturated heterocycles. The van der Waals surface area contributed by atoms with Gasteiger partial charge in [0.2, 0.25) is 5.91 Å². The van der Waals surface area contributed by atoms with Crippen molar-refractivity contribution in [1.29, 1.82) is 0 Å². The minimum absolute atomic E-state index is 0.0581. The molecule has 2 heterocycles. The Morgan fingerprint density at radius 1 is 1.19 bits per heavy atom.